The number of ether oxygens (including phenoxy) is 1. The summed E-state index contributed by atoms with van der Waals surface area (Å²) < 4.78 is 5.63. The molecule has 124 valence electrons. The van der Waals surface area contributed by atoms with Gasteiger partial charge in [0, 0.05) is 0 Å². The molecule has 0 aliphatic heterocycles. The van der Waals surface area contributed by atoms with Crippen LogP contribution in [0, 0.1) is 5.92 Å². The van der Waals surface area contributed by atoms with E-state index in [1.165, 1.54) is 0 Å². The SMILES string of the molecule is CC(C(=O)O)C(O)CCCCCCCCOc1ccccc1. The summed E-state index contributed by atoms with van der Waals surface area (Å²) in [5, 5.41) is 18.5. The Morgan fingerprint density at radius 1 is 1.05 bits per heavy atom. The lowest BCUT2D eigenvalue weighted by Gasteiger charge is -2.14. The molecule has 2 unspecified atom stereocenters. The number of aliphatic carboxylic acids is 1. The van der Waals surface area contributed by atoms with E-state index in [2.05, 4.69) is 0 Å². The number of hydrogen-bond acceptors (Lipinski definition) is 3. The van der Waals surface area contributed by atoms with Crippen molar-refractivity contribution >= 4 is 5.97 Å². The lowest BCUT2D eigenvalue weighted by Crippen LogP contribution is -2.25. The van der Waals surface area contributed by atoms with Gasteiger partial charge in [-0.05, 0) is 31.9 Å². The molecular formula is C18H28O4. The Hall–Kier alpha value is -1.55. The normalized spacial score (nSPS) is 13.5. The monoisotopic (exact) mass is 308 g/mol. The molecule has 1 aromatic rings. The zero-order valence-electron chi connectivity index (χ0n) is 13.4. The van der Waals surface area contributed by atoms with Gasteiger partial charge < -0.3 is 14.9 Å². The van der Waals surface area contributed by atoms with Crippen LogP contribution in [0.1, 0.15) is 51.9 Å². The second kappa shape index (κ2) is 11.1. The first-order valence-electron chi connectivity index (χ1n) is 8.20. The largest absolute Gasteiger partial charge is 0.494 e. The van der Waals surface area contributed by atoms with E-state index in [1.807, 2.05) is 30.3 Å². The van der Waals surface area contributed by atoms with Crippen LogP contribution in [0.2, 0.25) is 0 Å². The highest BCUT2D eigenvalue weighted by Crippen LogP contribution is 2.14. The van der Waals surface area contributed by atoms with Crippen LogP contribution >= 0.6 is 0 Å². The van der Waals surface area contributed by atoms with Crippen LogP contribution in [0.25, 0.3) is 0 Å². The van der Waals surface area contributed by atoms with Gasteiger partial charge in [-0.1, -0.05) is 50.3 Å². The van der Waals surface area contributed by atoms with Gasteiger partial charge in [0.1, 0.15) is 5.75 Å². The van der Waals surface area contributed by atoms with E-state index in [-0.39, 0.29) is 0 Å². The topological polar surface area (TPSA) is 66.8 Å². The van der Waals surface area contributed by atoms with Crippen LogP contribution in [-0.4, -0.2) is 28.9 Å². The van der Waals surface area contributed by atoms with Crippen LogP contribution < -0.4 is 4.74 Å². The molecule has 0 saturated carbocycles. The summed E-state index contributed by atoms with van der Waals surface area (Å²) in [4.78, 5) is 10.7. The Kier molecular flexibility index (Phi) is 9.31. The van der Waals surface area contributed by atoms with Gasteiger partial charge in [-0.25, -0.2) is 0 Å². The molecule has 4 nitrogen and oxygen atoms in total. The van der Waals surface area contributed by atoms with Gasteiger partial charge in [0.05, 0.1) is 18.6 Å². The molecule has 4 heteroatoms. The maximum atomic E-state index is 10.7. The Bertz CT molecular complexity index is 405. The molecule has 0 radical (unpaired) electrons. The molecule has 22 heavy (non-hydrogen) atoms. The molecule has 0 fully saturated rings. The molecule has 0 aliphatic carbocycles. The van der Waals surface area contributed by atoms with Gasteiger partial charge in [0.15, 0.2) is 0 Å². The summed E-state index contributed by atoms with van der Waals surface area (Å²) in [6.45, 7) is 2.30. The number of benzene rings is 1. The third kappa shape index (κ3) is 8.03. The lowest BCUT2D eigenvalue weighted by molar-refractivity contribution is -0.144. The minimum Gasteiger partial charge on any atom is -0.494 e. The number of aliphatic hydroxyl groups excluding tert-OH is 1. The number of carboxylic acid groups (broad SMARTS) is 1. The maximum absolute atomic E-state index is 10.7. The Morgan fingerprint density at radius 3 is 2.27 bits per heavy atom. The van der Waals surface area contributed by atoms with E-state index >= 15 is 0 Å². The van der Waals surface area contributed by atoms with Crippen LogP contribution in [0.15, 0.2) is 30.3 Å². The number of hydrogen-bond donors (Lipinski definition) is 2. The van der Waals surface area contributed by atoms with E-state index in [4.69, 9.17) is 9.84 Å². The minimum absolute atomic E-state index is 0.574. The van der Waals surface area contributed by atoms with Crippen LogP contribution in [0.4, 0.5) is 0 Å². The minimum atomic E-state index is -0.925. The highest BCUT2D eigenvalue weighted by Gasteiger charge is 2.20. The van der Waals surface area contributed by atoms with Crippen molar-refractivity contribution < 1.29 is 19.7 Å². The molecule has 0 heterocycles. The van der Waals surface area contributed by atoms with Crippen molar-refractivity contribution in [2.75, 3.05) is 6.61 Å². The molecule has 2 atom stereocenters. The predicted molar refractivity (Wildman–Crippen MR) is 87.1 cm³/mol. The molecule has 0 saturated heterocycles. The Labute approximate surface area is 133 Å². The Morgan fingerprint density at radius 2 is 1.64 bits per heavy atom. The standard InChI is InChI=1S/C18H28O4/c1-15(18(20)21)17(19)13-9-4-2-3-5-10-14-22-16-11-7-6-8-12-16/h6-8,11-12,15,17,19H,2-5,9-10,13-14H2,1H3,(H,20,21). The predicted octanol–water partition coefficient (Wildman–Crippen LogP) is 3.88. The van der Waals surface area contributed by atoms with Crippen molar-refractivity contribution in [3.63, 3.8) is 0 Å². The number of unbranched alkanes of at least 4 members (excludes halogenated alkanes) is 5. The first kappa shape index (κ1) is 18.5. The molecule has 1 rings (SSSR count). The number of carboxylic acids is 1. The van der Waals surface area contributed by atoms with E-state index in [9.17, 15) is 9.90 Å². The van der Waals surface area contributed by atoms with Gasteiger partial charge in [-0.15, -0.1) is 0 Å². The highest BCUT2D eigenvalue weighted by molar-refractivity contribution is 5.70. The summed E-state index contributed by atoms with van der Waals surface area (Å²) >= 11 is 0. The van der Waals surface area contributed by atoms with Crippen LogP contribution in [-0.2, 0) is 4.79 Å². The quantitative estimate of drug-likeness (QED) is 0.575. The van der Waals surface area contributed by atoms with Gasteiger partial charge in [-0.2, -0.15) is 0 Å². The summed E-state index contributed by atoms with van der Waals surface area (Å²) in [5.74, 6) is -0.676. The fourth-order valence-electron chi connectivity index (χ4n) is 2.28. The van der Waals surface area contributed by atoms with Crippen LogP contribution in [0.3, 0.4) is 0 Å². The van der Waals surface area contributed by atoms with Crippen molar-refractivity contribution in [2.24, 2.45) is 5.92 Å². The van der Waals surface area contributed by atoms with Crippen molar-refractivity contribution in [3.05, 3.63) is 30.3 Å². The highest BCUT2D eigenvalue weighted by atomic mass is 16.5. The van der Waals surface area contributed by atoms with Gasteiger partial charge in [0.2, 0.25) is 0 Å². The molecule has 1 aromatic carbocycles. The molecule has 0 bridgehead atoms. The summed E-state index contributed by atoms with van der Waals surface area (Å²) in [6.07, 6.45) is 6.25. The van der Waals surface area contributed by atoms with Crippen LogP contribution in [0.5, 0.6) is 5.75 Å². The fraction of sp³-hybridized carbons (Fsp3) is 0.611. The molecule has 0 aliphatic rings. The van der Waals surface area contributed by atoms with E-state index < -0.39 is 18.0 Å². The van der Waals surface area contributed by atoms with E-state index in [0.717, 1.165) is 50.9 Å². The Balaban J connectivity index is 1.90. The second-order valence-corrected chi connectivity index (χ2v) is 5.77. The van der Waals surface area contributed by atoms with Gasteiger partial charge >= 0.3 is 5.97 Å². The smallest absolute Gasteiger partial charge is 0.308 e. The number of para-hydroxylation sites is 1. The lowest BCUT2D eigenvalue weighted by atomic mass is 9.98. The van der Waals surface area contributed by atoms with Crippen molar-refractivity contribution in [1.82, 2.24) is 0 Å². The fourth-order valence-corrected chi connectivity index (χ4v) is 2.28. The second-order valence-electron chi connectivity index (χ2n) is 5.77. The number of carbonyl (C=O) groups is 1. The molecule has 0 aromatic heterocycles. The molecule has 0 spiro atoms. The van der Waals surface area contributed by atoms with Crippen molar-refractivity contribution in [2.45, 2.75) is 58.0 Å². The summed E-state index contributed by atoms with van der Waals surface area (Å²) in [5.41, 5.74) is 0. The maximum Gasteiger partial charge on any atom is 0.308 e. The summed E-state index contributed by atoms with van der Waals surface area (Å²) in [7, 11) is 0. The average molecular weight is 308 g/mol. The third-order valence-electron chi connectivity index (χ3n) is 3.87. The van der Waals surface area contributed by atoms with Crippen molar-refractivity contribution in [3.8, 4) is 5.75 Å². The zero-order valence-corrected chi connectivity index (χ0v) is 13.4. The average Bonchev–Trinajstić information content (AvgIpc) is 2.53. The number of rotatable bonds is 12. The van der Waals surface area contributed by atoms with Gasteiger partial charge in [-0.3, -0.25) is 4.79 Å². The molecular weight excluding hydrogens is 280 g/mol. The summed E-state index contributed by atoms with van der Waals surface area (Å²) in [6, 6.07) is 9.83. The van der Waals surface area contributed by atoms with Gasteiger partial charge in [0.25, 0.3) is 0 Å². The first-order chi connectivity index (χ1) is 10.6. The first-order valence-corrected chi connectivity index (χ1v) is 8.20. The zero-order chi connectivity index (χ0) is 16.2. The molecule has 2 N–H and O–H groups in total. The molecule has 0 amide bonds. The number of aliphatic hydroxyl groups is 1. The van der Waals surface area contributed by atoms with E-state index in [0.29, 0.717) is 6.42 Å². The van der Waals surface area contributed by atoms with Crippen molar-refractivity contribution in [1.29, 1.82) is 0 Å². The van der Waals surface area contributed by atoms with E-state index in [1.54, 1.807) is 6.92 Å². The third-order valence-corrected chi connectivity index (χ3v) is 3.87.